The van der Waals surface area contributed by atoms with Gasteiger partial charge in [-0.05, 0) is 37.2 Å². The molecule has 20 heavy (non-hydrogen) atoms. The maximum Gasteiger partial charge on any atom is 0.265 e. The molecule has 3 rings (SSSR count). The van der Waals surface area contributed by atoms with E-state index in [-0.39, 0.29) is 5.91 Å². The van der Waals surface area contributed by atoms with Crippen LogP contribution >= 0.6 is 0 Å². The van der Waals surface area contributed by atoms with Crippen molar-refractivity contribution in [1.82, 2.24) is 15.3 Å². The van der Waals surface area contributed by atoms with Crippen LogP contribution in [0.1, 0.15) is 15.9 Å². The summed E-state index contributed by atoms with van der Waals surface area (Å²) in [5.41, 5.74) is 6.30. The highest BCUT2D eigenvalue weighted by atomic mass is 16.2. The average Bonchev–Trinajstić information content (AvgIpc) is 2.82. The van der Waals surface area contributed by atoms with Crippen LogP contribution in [-0.2, 0) is 6.42 Å². The van der Waals surface area contributed by atoms with Crippen LogP contribution in [0.25, 0.3) is 0 Å². The molecule has 1 amide bonds. The minimum Gasteiger partial charge on any atom is -0.374 e. The Morgan fingerprint density at radius 1 is 1.10 bits per heavy atom. The van der Waals surface area contributed by atoms with Gasteiger partial charge in [0.25, 0.3) is 5.91 Å². The Kier molecular flexibility index (Phi) is 3.63. The molecule has 1 aromatic carbocycles. The normalized spacial score (nSPS) is 20.0. The molecule has 2 aliphatic rings. The topological polar surface area (TPSA) is 38.8 Å². The highest BCUT2D eigenvalue weighted by Gasteiger charge is 2.20. The summed E-state index contributed by atoms with van der Waals surface area (Å²) in [6.07, 6.45) is 1.03. The van der Waals surface area contributed by atoms with Crippen LogP contribution in [0.4, 0.5) is 5.69 Å². The minimum absolute atomic E-state index is 0.00639. The van der Waals surface area contributed by atoms with E-state index in [0.29, 0.717) is 0 Å². The van der Waals surface area contributed by atoms with Crippen LogP contribution in [0.3, 0.4) is 0 Å². The largest absolute Gasteiger partial charge is 0.374 e. The number of amides is 1. The monoisotopic (exact) mass is 274 g/mol. The molecule has 2 heterocycles. The van der Waals surface area contributed by atoms with Crippen molar-refractivity contribution in [3.8, 4) is 0 Å². The van der Waals surface area contributed by atoms with Gasteiger partial charge < -0.3 is 9.80 Å². The van der Waals surface area contributed by atoms with E-state index in [1.54, 1.807) is 0 Å². The summed E-state index contributed by atoms with van der Waals surface area (Å²) in [5, 5.41) is 2.02. The van der Waals surface area contributed by atoms with Crippen LogP contribution < -0.4 is 10.3 Å². The Hall–Kier alpha value is -1.59. The Labute approximate surface area is 120 Å². The van der Waals surface area contributed by atoms with Crippen LogP contribution in [-0.4, -0.2) is 62.6 Å². The second-order valence-corrected chi connectivity index (χ2v) is 5.75. The number of rotatable bonds is 2. The molecule has 5 heteroatoms. The number of fused-ring (bicyclic) bond motifs is 1. The third kappa shape index (κ3) is 2.64. The number of benzene rings is 1. The number of carbonyl (C=O) groups excluding carboxylic acids is 1. The van der Waals surface area contributed by atoms with Crippen molar-refractivity contribution in [2.75, 3.05) is 51.7 Å². The van der Waals surface area contributed by atoms with Gasteiger partial charge in [-0.2, -0.15) is 0 Å². The smallest absolute Gasteiger partial charge is 0.265 e. The first kappa shape index (κ1) is 13.4. The molecule has 1 aromatic rings. The number of hydrazine groups is 1. The van der Waals surface area contributed by atoms with Crippen molar-refractivity contribution >= 4 is 11.6 Å². The number of carbonyl (C=O) groups is 1. The lowest BCUT2D eigenvalue weighted by Gasteiger charge is -2.32. The molecule has 5 nitrogen and oxygen atoms in total. The van der Waals surface area contributed by atoms with E-state index in [0.717, 1.165) is 44.7 Å². The Balaban J connectivity index is 1.66. The standard InChI is InChI=1S/C15H22N4O/c1-17-7-9-19(10-8-17)16-15(20)13-3-4-14-12(11-13)5-6-18(14)2/h3-4,11H,5-10H2,1-2H3,(H,16,20). The van der Waals surface area contributed by atoms with Crippen LogP contribution in [0.5, 0.6) is 0 Å². The van der Waals surface area contributed by atoms with E-state index in [1.165, 1.54) is 11.3 Å². The van der Waals surface area contributed by atoms with E-state index in [1.807, 2.05) is 17.1 Å². The van der Waals surface area contributed by atoms with Gasteiger partial charge in [-0.15, -0.1) is 0 Å². The van der Waals surface area contributed by atoms with E-state index in [2.05, 4.69) is 35.4 Å². The van der Waals surface area contributed by atoms with E-state index >= 15 is 0 Å². The van der Waals surface area contributed by atoms with Crippen molar-refractivity contribution in [3.05, 3.63) is 29.3 Å². The fourth-order valence-corrected chi connectivity index (χ4v) is 2.83. The molecule has 0 radical (unpaired) electrons. The lowest BCUT2D eigenvalue weighted by molar-refractivity contribution is 0.0662. The number of hydrogen-bond donors (Lipinski definition) is 1. The van der Waals surface area contributed by atoms with Gasteiger partial charge in [-0.1, -0.05) is 0 Å². The quantitative estimate of drug-likeness (QED) is 0.856. The van der Waals surface area contributed by atoms with Crippen molar-refractivity contribution < 1.29 is 4.79 Å². The highest BCUT2D eigenvalue weighted by molar-refractivity contribution is 5.94. The van der Waals surface area contributed by atoms with Gasteiger partial charge in [0.1, 0.15) is 0 Å². The summed E-state index contributed by atoms with van der Waals surface area (Å²) >= 11 is 0. The Bertz CT molecular complexity index is 509. The van der Waals surface area contributed by atoms with Gasteiger partial charge in [-0.3, -0.25) is 10.2 Å². The Morgan fingerprint density at radius 3 is 2.60 bits per heavy atom. The molecule has 0 atom stereocenters. The average molecular weight is 274 g/mol. The fourth-order valence-electron chi connectivity index (χ4n) is 2.83. The lowest BCUT2D eigenvalue weighted by atomic mass is 10.1. The molecule has 0 unspecified atom stereocenters. The zero-order valence-electron chi connectivity index (χ0n) is 12.2. The number of nitrogens with zero attached hydrogens (tertiary/aromatic N) is 3. The summed E-state index contributed by atoms with van der Waals surface area (Å²) in [7, 11) is 4.20. The van der Waals surface area contributed by atoms with Gasteiger partial charge in [0.2, 0.25) is 0 Å². The maximum absolute atomic E-state index is 12.3. The summed E-state index contributed by atoms with van der Waals surface area (Å²) in [6.45, 7) is 4.80. The third-order valence-electron chi connectivity index (χ3n) is 4.23. The predicted molar refractivity (Wildman–Crippen MR) is 80.0 cm³/mol. The van der Waals surface area contributed by atoms with Crippen molar-refractivity contribution in [2.45, 2.75) is 6.42 Å². The fraction of sp³-hybridized carbons (Fsp3) is 0.533. The van der Waals surface area contributed by atoms with Gasteiger partial charge in [0.15, 0.2) is 0 Å². The number of likely N-dealkylation sites (N-methyl/N-ethyl adjacent to an activating group) is 2. The SMILES string of the molecule is CN1CCN(NC(=O)c2ccc3c(c2)CCN3C)CC1. The van der Waals surface area contributed by atoms with Crippen LogP contribution in [0.2, 0.25) is 0 Å². The Morgan fingerprint density at radius 2 is 1.85 bits per heavy atom. The molecular weight excluding hydrogens is 252 g/mol. The molecule has 2 aliphatic heterocycles. The zero-order chi connectivity index (χ0) is 14.1. The number of piperazine rings is 1. The molecule has 0 bridgehead atoms. The molecule has 1 fully saturated rings. The van der Waals surface area contributed by atoms with E-state index in [4.69, 9.17) is 0 Å². The maximum atomic E-state index is 12.3. The molecule has 0 saturated carbocycles. The molecule has 0 aromatic heterocycles. The molecule has 0 aliphatic carbocycles. The van der Waals surface area contributed by atoms with Crippen LogP contribution in [0.15, 0.2) is 18.2 Å². The minimum atomic E-state index is 0.00639. The zero-order valence-corrected chi connectivity index (χ0v) is 12.2. The number of anilines is 1. The van der Waals surface area contributed by atoms with E-state index in [9.17, 15) is 4.79 Å². The van der Waals surface area contributed by atoms with Gasteiger partial charge in [-0.25, -0.2) is 5.01 Å². The van der Waals surface area contributed by atoms with Gasteiger partial charge in [0.05, 0.1) is 0 Å². The first-order valence-corrected chi connectivity index (χ1v) is 7.22. The molecule has 0 spiro atoms. The third-order valence-corrected chi connectivity index (χ3v) is 4.23. The summed E-state index contributed by atoms with van der Waals surface area (Å²) in [4.78, 5) is 16.8. The summed E-state index contributed by atoms with van der Waals surface area (Å²) < 4.78 is 0. The van der Waals surface area contributed by atoms with Crippen LogP contribution in [0, 0.1) is 0 Å². The van der Waals surface area contributed by atoms with E-state index < -0.39 is 0 Å². The highest BCUT2D eigenvalue weighted by Crippen LogP contribution is 2.27. The number of nitrogens with one attached hydrogen (secondary N) is 1. The van der Waals surface area contributed by atoms with Gasteiger partial charge in [0, 0.05) is 51.0 Å². The molecule has 108 valence electrons. The first-order valence-electron chi connectivity index (χ1n) is 7.22. The van der Waals surface area contributed by atoms with Crippen molar-refractivity contribution in [1.29, 1.82) is 0 Å². The van der Waals surface area contributed by atoms with Crippen molar-refractivity contribution in [2.24, 2.45) is 0 Å². The van der Waals surface area contributed by atoms with Crippen molar-refractivity contribution in [3.63, 3.8) is 0 Å². The summed E-state index contributed by atoms with van der Waals surface area (Å²) in [5.74, 6) is 0.00639. The molecule has 1 saturated heterocycles. The molecule has 1 N–H and O–H groups in total. The second-order valence-electron chi connectivity index (χ2n) is 5.75. The lowest BCUT2D eigenvalue weighted by Crippen LogP contribution is -2.52. The summed E-state index contributed by atoms with van der Waals surface area (Å²) in [6, 6.07) is 6.01. The number of hydrogen-bond acceptors (Lipinski definition) is 4. The van der Waals surface area contributed by atoms with Gasteiger partial charge >= 0.3 is 0 Å². The second kappa shape index (κ2) is 5.42. The first-order chi connectivity index (χ1) is 9.63. The predicted octanol–water partition coefficient (Wildman–Crippen LogP) is 0.571. The molecular formula is C15H22N4O.